The number of benzene rings is 1. The van der Waals surface area contributed by atoms with Gasteiger partial charge in [0, 0.05) is 36.9 Å². The van der Waals surface area contributed by atoms with Crippen LogP contribution in [0.4, 0.5) is 0 Å². The number of pyridine rings is 1. The van der Waals surface area contributed by atoms with E-state index < -0.39 is 17.8 Å². The van der Waals surface area contributed by atoms with Gasteiger partial charge in [0.1, 0.15) is 5.70 Å². The molecular weight excluding hydrogens is 322 g/mol. The van der Waals surface area contributed by atoms with Gasteiger partial charge in [0.15, 0.2) is 0 Å². The minimum absolute atomic E-state index is 0.0137. The van der Waals surface area contributed by atoms with Gasteiger partial charge in [0.25, 0.3) is 11.8 Å². The Morgan fingerprint density at radius 2 is 1.84 bits per heavy atom. The summed E-state index contributed by atoms with van der Waals surface area (Å²) >= 11 is 0. The molecule has 1 aromatic carbocycles. The summed E-state index contributed by atoms with van der Waals surface area (Å²) in [6, 6.07) is 11.8. The molecule has 0 atom stereocenters. The number of hydrogen-bond acceptors (Lipinski definition) is 5. The average molecular weight is 338 g/mol. The molecule has 2 rings (SSSR count). The molecule has 0 radical (unpaired) electrons. The van der Waals surface area contributed by atoms with E-state index >= 15 is 0 Å². The second kappa shape index (κ2) is 8.97. The molecule has 0 aliphatic carbocycles. The molecule has 0 aliphatic heterocycles. The molecule has 7 heteroatoms. The minimum atomic E-state index is -1.27. The molecular formula is C18H16N3O4-. The molecule has 0 saturated heterocycles. The molecule has 0 saturated carbocycles. The molecule has 0 bridgehead atoms. The number of amides is 2. The monoisotopic (exact) mass is 338 g/mol. The molecule has 128 valence electrons. The molecule has 0 aliphatic rings. The summed E-state index contributed by atoms with van der Waals surface area (Å²) in [4.78, 5) is 38.9. The SMILES string of the molecule is O=C([O-])CCNC(=O)/C(=C/c1cccnc1)NC(=O)c1ccccc1. The quantitative estimate of drug-likeness (QED) is 0.696. The Morgan fingerprint density at radius 3 is 2.48 bits per heavy atom. The zero-order valence-electron chi connectivity index (χ0n) is 13.3. The maximum absolute atomic E-state index is 12.3. The molecule has 1 aromatic heterocycles. The highest BCUT2D eigenvalue weighted by molar-refractivity contribution is 6.05. The highest BCUT2D eigenvalue weighted by Crippen LogP contribution is 2.06. The highest BCUT2D eigenvalue weighted by atomic mass is 16.4. The van der Waals surface area contributed by atoms with Crippen LogP contribution >= 0.6 is 0 Å². The number of carboxylic acid groups (broad SMARTS) is 1. The first kappa shape index (κ1) is 17.9. The number of nitrogens with one attached hydrogen (secondary N) is 2. The van der Waals surface area contributed by atoms with Crippen molar-refractivity contribution in [1.82, 2.24) is 15.6 Å². The van der Waals surface area contributed by atoms with E-state index in [9.17, 15) is 19.5 Å². The number of aromatic nitrogens is 1. The van der Waals surface area contributed by atoms with E-state index in [1.54, 1.807) is 48.7 Å². The van der Waals surface area contributed by atoms with Crippen LogP contribution in [0.3, 0.4) is 0 Å². The van der Waals surface area contributed by atoms with Crippen LogP contribution in [-0.2, 0) is 9.59 Å². The highest BCUT2D eigenvalue weighted by Gasteiger charge is 2.14. The van der Waals surface area contributed by atoms with Crippen molar-refractivity contribution in [3.05, 3.63) is 71.7 Å². The lowest BCUT2D eigenvalue weighted by Gasteiger charge is -2.11. The predicted octanol–water partition coefficient (Wildman–Crippen LogP) is 0.109. The van der Waals surface area contributed by atoms with E-state index in [0.717, 1.165) is 0 Å². The van der Waals surface area contributed by atoms with Crippen LogP contribution in [0.2, 0.25) is 0 Å². The van der Waals surface area contributed by atoms with Gasteiger partial charge in [0.2, 0.25) is 0 Å². The first-order valence-corrected chi connectivity index (χ1v) is 7.52. The average Bonchev–Trinajstić information content (AvgIpc) is 2.62. The first-order chi connectivity index (χ1) is 12.1. The summed E-state index contributed by atoms with van der Waals surface area (Å²) in [5.41, 5.74) is 0.989. The second-order valence-electron chi connectivity index (χ2n) is 5.04. The van der Waals surface area contributed by atoms with E-state index in [1.807, 2.05) is 0 Å². The van der Waals surface area contributed by atoms with Crippen molar-refractivity contribution in [2.45, 2.75) is 6.42 Å². The standard InChI is InChI=1S/C18H17N3O4/c22-16(23)8-10-20-18(25)15(11-13-5-4-9-19-12-13)21-17(24)14-6-2-1-3-7-14/h1-7,9,11-12H,8,10H2,(H,20,25)(H,21,24)(H,22,23)/p-1/b15-11-. The molecule has 2 N–H and O–H groups in total. The van der Waals surface area contributed by atoms with Gasteiger partial charge >= 0.3 is 0 Å². The Morgan fingerprint density at radius 1 is 1.08 bits per heavy atom. The molecule has 0 unspecified atom stereocenters. The summed E-state index contributed by atoms with van der Waals surface area (Å²) in [6.07, 6.45) is 4.25. The number of carbonyl (C=O) groups is 3. The van der Waals surface area contributed by atoms with Gasteiger partial charge < -0.3 is 20.5 Å². The van der Waals surface area contributed by atoms with Crippen LogP contribution in [0.15, 0.2) is 60.6 Å². The van der Waals surface area contributed by atoms with Crippen molar-refractivity contribution in [3.8, 4) is 0 Å². The Bertz CT molecular complexity index is 773. The number of hydrogen-bond donors (Lipinski definition) is 2. The van der Waals surface area contributed by atoms with E-state index in [0.29, 0.717) is 11.1 Å². The number of carbonyl (C=O) groups excluding carboxylic acids is 3. The zero-order valence-corrected chi connectivity index (χ0v) is 13.3. The van der Waals surface area contributed by atoms with Crippen molar-refractivity contribution in [2.75, 3.05) is 6.54 Å². The molecule has 0 spiro atoms. The van der Waals surface area contributed by atoms with Crippen LogP contribution in [0, 0.1) is 0 Å². The zero-order chi connectivity index (χ0) is 18.1. The lowest BCUT2D eigenvalue weighted by molar-refractivity contribution is -0.305. The van der Waals surface area contributed by atoms with Gasteiger partial charge in [-0.15, -0.1) is 0 Å². The third-order valence-electron chi connectivity index (χ3n) is 3.14. The lowest BCUT2D eigenvalue weighted by atomic mass is 10.2. The summed E-state index contributed by atoms with van der Waals surface area (Å²) < 4.78 is 0. The fraction of sp³-hybridized carbons (Fsp3) is 0.111. The first-order valence-electron chi connectivity index (χ1n) is 7.52. The number of nitrogens with zero attached hydrogens (tertiary/aromatic N) is 1. The van der Waals surface area contributed by atoms with Gasteiger partial charge in [-0.1, -0.05) is 24.3 Å². The van der Waals surface area contributed by atoms with Crippen molar-refractivity contribution in [3.63, 3.8) is 0 Å². The molecule has 2 aromatic rings. The Labute approximate surface area is 144 Å². The Kier molecular flexibility index (Phi) is 6.41. The third-order valence-corrected chi connectivity index (χ3v) is 3.14. The maximum atomic E-state index is 12.3. The fourth-order valence-corrected chi connectivity index (χ4v) is 1.94. The van der Waals surface area contributed by atoms with Crippen molar-refractivity contribution in [2.24, 2.45) is 0 Å². The van der Waals surface area contributed by atoms with E-state index in [1.165, 1.54) is 12.3 Å². The van der Waals surface area contributed by atoms with Gasteiger partial charge in [0.05, 0.1) is 0 Å². The third kappa shape index (κ3) is 5.91. The predicted molar refractivity (Wildman–Crippen MR) is 88.8 cm³/mol. The van der Waals surface area contributed by atoms with Gasteiger partial charge in [-0.3, -0.25) is 14.6 Å². The summed E-state index contributed by atoms with van der Waals surface area (Å²) in [5.74, 6) is -2.33. The van der Waals surface area contributed by atoms with Gasteiger partial charge in [-0.25, -0.2) is 0 Å². The molecule has 2 amide bonds. The van der Waals surface area contributed by atoms with Crippen LogP contribution in [0.5, 0.6) is 0 Å². The van der Waals surface area contributed by atoms with E-state index in [4.69, 9.17) is 0 Å². The largest absolute Gasteiger partial charge is 0.550 e. The normalized spacial score (nSPS) is 10.8. The summed E-state index contributed by atoms with van der Waals surface area (Å²) in [6.45, 7) is -0.104. The van der Waals surface area contributed by atoms with Gasteiger partial charge in [-0.2, -0.15) is 0 Å². The second-order valence-corrected chi connectivity index (χ2v) is 5.04. The minimum Gasteiger partial charge on any atom is -0.550 e. The molecule has 7 nitrogen and oxygen atoms in total. The van der Waals surface area contributed by atoms with Crippen LogP contribution < -0.4 is 15.7 Å². The molecule has 1 heterocycles. The smallest absolute Gasteiger partial charge is 0.267 e. The summed E-state index contributed by atoms with van der Waals surface area (Å²) in [7, 11) is 0. The number of aliphatic carboxylic acids is 1. The Balaban J connectivity index is 2.17. The Hall–Kier alpha value is -3.48. The van der Waals surface area contributed by atoms with Crippen molar-refractivity contribution >= 4 is 23.9 Å². The van der Waals surface area contributed by atoms with Gasteiger partial charge in [-0.05, 0) is 29.8 Å². The van der Waals surface area contributed by atoms with E-state index in [-0.39, 0.29) is 18.7 Å². The van der Waals surface area contributed by atoms with Crippen LogP contribution in [-0.4, -0.2) is 29.3 Å². The molecule has 0 fully saturated rings. The fourth-order valence-electron chi connectivity index (χ4n) is 1.94. The lowest BCUT2D eigenvalue weighted by Crippen LogP contribution is -2.37. The number of carboxylic acids is 1. The summed E-state index contributed by atoms with van der Waals surface area (Å²) in [5, 5.41) is 15.4. The topological polar surface area (TPSA) is 111 Å². The van der Waals surface area contributed by atoms with E-state index in [2.05, 4.69) is 15.6 Å². The van der Waals surface area contributed by atoms with Crippen molar-refractivity contribution < 1.29 is 19.5 Å². The van der Waals surface area contributed by atoms with Crippen LogP contribution in [0.1, 0.15) is 22.3 Å². The van der Waals surface area contributed by atoms with Crippen molar-refractivity contribution in [1.29, 1.82) is 0 Å². The molecule has 25 heavy (non-hydrogen) atoms. The van der Waals surface area contributed by atoms with Crippen LogP contribution in [0.25, 0.3) is 6.08 Å². The number of rotatable bonds is 7. The maximum Gasteiger partial charge on any atom is 0.267 e.